The number of pyridine rings is 1. The van der Waals surface area contributed by atoms with E-state index in [2.05, 4.69) is 37.0 Å². The van der Waals surface area contributed by atoms with Crippen LogP contribution in [0.5, 0.6) is 0 Å². The van der Waals surface area contributed by atoms with Gasteiger partial charge in [-0.2, -0.15) is 0 Å². The van der Waals surface area contributed by atoms with Crippen LogP contribution in [0.4, 0.5) is 4.79 Å². The van der Waals surface area contributed by atoms with Crippen molar-refractivity contribution in [2.45, 2.75) is 32.0 Å². The number of hydrogen-bond donors (Lipinski definition) is 2. The fourth-order valence-electron chi connectivity index (χ4n) is 5.87. The quantitative estimate of drug-likeness (QED) is 0.364. The zero-order chi connectivity index (χ0) is 27.2. The third kappa shape index (κ3) is 4.00. The monoisotopic (exact) mass is 532 g/mol. The number of carbonyl (C=O) groups is 1. The zero-order valence-corrected chi connectivity index (χ0v) is 22.0. The first-order chi connectivity index (χ1) is 19.6. The van der Waals surface area contributed by atoms with Gasteiger partial charge in [0.05, 0.1) is 16.9 Å². The van der Waals surface area contributed by atoms with Gasteiger partial charge in [-0.05, 0) is 38.0 Å². The Morgan fingerprint density at radius 3 is 2.58 bits per heavy atom. The first-order valence-electron chi connectivity index (χ1n) is 13.5. The first kappa shape index (κ1) is 24.1. The number of aromatic amines is 1. The summed E-state index contributed by atoms with van der Waals surface area (Å²) in [6.07, 6.45) is 4.13. The highest BCUT2D eigenvalue weighted by Gasteiger charge is 2.31. The van der Waals surface area contributed by atoms with Crippen LogP contribution in [0, 0.1) is 6.92 Å². The fourth-order valence-corrected chi connectivity index (χ4v) is 5.87. The molecule has 40 heavy (non-hydrogen) atoms. The van der Waals surface area contributed by atoms with Crippen molar-refractivity contribution in [3.8, 4) is 5.69 Å². The van der Waals surface area contributed by atoms with E-state index in [1.165, 1.54) is 0 Å². The molecule has 0 unspecified atom stereocenters. The molecule has 0 bridgehead atoms. The Labute approximate surface area is 230 Å². The van der Waals surface area contributed by atoms with E-state index >= 15 is 0 Å². The highest BCUT2D eigenvalue weighted by Crippen LogP contribution is 2.31. The molecule has 1 atom stereocenters. The smallest absolute Gasteiger partial charge is 0.325 e. The minimum absolute atomic E-state index is 0.00821. The summed E-state index contributed by atoms with van der Waals surface area (Å²) >= 11 is 0. The van der Waals surface area contributed by atoms with Crippen molar-refractivity contribution in [2.24, 2.45) is 4.99 Å². The molecule has 2 amide bonds. The molecule has 2 N–H and O–H groups in total. The van der Waals surface area contributed by atoms with Crippen LogP contribution in [0.2, 0.25) is 0 Å². The van der Waals surface area contributed by atoms with Crippen molar-refractivity contribution in [1.82, 2.24) is 34.3 Å². The lowest BCUT2D eigenvalue weighted by Gasteiger charge is -2.33. The average molecular weight is 533 g/mol. The molecule has 0 aliphatic carbocycles. The van der Waals surface area contributed by atoms with Crippen molar-refractivity contribution in [1.29, 1.82) is 0 Å². The average Bonchev–Trinajstić information content (AvgIpc) is 3.50. The van der Waals surface area contributed by atoms with Gasteiger partial charge in [0.25, 0.3) is 0 Å². The molecule has 5 heterocycles. The maximum absolute atomic E-state index is 13.6. The van der Waals surface area contributed by atoms with Crippen molar-refractivity contribution in [2.75, 3.05) is 13.1 Å². The normalized spacial score (nSPS) is 17.2. The number of urea groups is 1. The Bertz CT molecular complexity index is 1810. The van der Waals surface area contributed by atoms with Gasteiger partial charge in [-0.3, -0.25) is 19.1 Å². The molecule has 2 aliphatic rings. The summed E-state index contributed by atoms with van der Waals surface area (Å²) in [5.74, 6) is 0.664. The van der Waals surface area contributed by atoms with Gasteiger partial charge in [0.1, 0.15) is 0 Å². The van der Waals surface area contributed by atoms with Gasteiger partial charge in [0.15, 0.2) is 17.6 Å². The molecule has 10 nitrogen and oxygen atoms in total. The van der Waals surface area contributed by atoms with Crippen LogP contribution in [0.3, 0.4) is 0 Å². The highest BCUT2D eigenvalue weighted by molar-refractivity contribution is 6.15. The van der Waals surface area contributed by atoms with Crippen molar-refractivity contribution < 1.29 is 4.79 Å². The second-order valence-electron chi connectivity index (χ2n) is 10.2. The second kappa shape index (κ2) is 9.64. The van der Waals surface area contributed by atoms with Crippen LogP contribution < -0.4 is 11.0 Å². The van der Waals surface area contributed by atoms with E-state index in [0.717, 1.165) is 33.7 Å². The zero-order valence-electron chi connectivity index (χ0n) is 22.0. The summed E-state index contributed by atoms with van der Waals surface area (Å²) in [5, 5.41) is 3.15. The maximum atomic E-state index is 13.6. The number of rotatable bonds is 3. The number of amides is 2. The lowest BCUT2D eigenvalue weighted by Crippen LogP contribution is -2.46. The van der Waals surface area contributed by atoms with Gasteiger partial charge < -0.3 is 10.2 Å². The minimum Gasteiger partial charge on any atom is -0.325 e. The van der Waals surface area contributed by atoms with Crippen molar-refractivity contribution in [3.05, 3.63) is 112 Å². The van der Waals surface area contributed by atoms with Crippen molar-refractivity contribution >= 4 is 22.9 Å². The number of carbonyl (C=O) groups excluding carboxylic acids is 1. The van der Waals surface area contributed by atoms with E-state index in [9.17, 15) is 9.59 Å². The Kier molecular flexibility index (Phi) is 5.80. The van der Waals surface area contributed by atoms with E-state index in [1.54, 1.807) is 15.7 Å². The molecule has 10 heteroatoms. The number of para-hydroxylation sites is 1. The molecule has 200 valence electrons. The van der Waals surface area contributed by atoms with E-state index in [1.807, 2.05) is 67.7 Å². The Balaban J connectivity index is 1.17. The SMILES string of the molecule is Cc1cnc2n1-c1ccccc1C(c1ccccc1)=N[C@H]2NC(=O)N1CCC(n2c(=O)[nH]c3ncccc32)CC1. The molecule has 1 saturated heterocycles. The van der Waals surface area contributed by atoms with Crippen LogP contribution >= 0.6 is 0 Å². The van der Waals surface area contributed by atoms with Crippen LogP contribution in [0.1, 0.15) is 47.7 Å². The number of aliphatic imine (C=N–C) groups is 1. The Hall–Kier alpha value is -4.99. The van der Waals surface area contributed by atoms with Crippen LogP contribution in [0.25, 0.3) is 16.9 Å². The summed E-state index contributed by atoms with van der Waals surface area (Å²) in [4.78, 5) is 44.9. The molecular weight excluding hydrogens is 504 g/mol. The minimum atomic E-state index is -0.677. The van der Waals surface area contributed by atoms with E-state index in [-0.39, 0.29) is 17.8 Å². The number of nitrogens with zero attached hydrogens (tertiary/aromatic N) is 6. The maximum Gasteiger partial charge on any atom is 0.327 e. The molecule has 0 spiro atoms. The molecule has 1 fully saturated rings. The molecular formula is C30H28N8O2. The number of fused-ring (bicyclic) bond motifs is 4. The van der Waals surface area contributed by atoms with Crippen LogP contribution in [-0.4, -0.2) is 53.8 Å². The van der Waals surface area contributed by atoms with Gasteiger partial charge in [0, 0.05) is 48.3 Å². The lowest BCUT2D eigenvalue weighted by atomic mass is 10.0. The first-order valence-corrected chi connectivity index (χ1v) is 13.5. The molecule has 2 aromatic carbocycles. The number of aromatic nitrogens is 5. The number of H-pyrrole nitrogens is 1. The van der Waals surface area contributed by atoms with Crippen LogP contribution in [-0.2, 0) is 0 Å². The molecule has 5 aromatic rings. The number of hydrogen-bond acceptors (Lipinski definition) is 5. The third-order valence-electron chi connectivity index (χ3n) is 7.78. The van der Waals surface area contributed by atoms with E-state index in [0.29, 0.717) is 37.4 Å². The predicted octanol–water partition coefficient (Wildman–Crippen LogP) is 4.12. The number of nitrogens with one attached hydrogen (secondary N) is 2. The highest BCUT2D eigenvalue weighted by atomic mass is 16.2. The third-order valence-corrected chi connectivity index (χ3v) is 7.78. The summed E-state index contributed by atoms with van der Waals surface area (Å²) in [6, 6.07) is 21.7. The molecule has 3 aromatic heterocycles. The fraction of sp³-hybridized carbons (Fsp3) is 0.233. The van der Waals surface area contributed by atoms with Crippen LogP contribution in [0.15, 0.2) is 88.9 Å². The standard InChI is InChI=1S/C30H28N8O2/c1-19-18-32-28-27(33-25(20-8-3-2-4-9-20)22-10-5-6-11-23(22)37(19)28)35-29(39)36-16-13-21(14-17-36)38-24-12-7-15-31-26(24)34-30(38)40/h2-12,15,18,21,27H,13-14,16-17H2,1H3,(H,35,39)(H,31,34,40)/t27-/m0/s1. The molecule has 0 radical (unpaired) electrons. The number of imidazole rings is 2. The number of benzene rings is 2. The largest absolute Gasteiger partial charge is 0.327 e. The van der Waals surface area contributed by atoms with Gasteiger partial charge in [-0.15, -0.1) is 0 Å². The van der Waals surface area contributed by atoms with Gasteiger partial charge >= 0.3 is 11.7 Å². The molecule has 2 aliphatic heterocycles. The number of aryl methyl sites for hydroxylation is 1. The van der Waals surface area contributed by atoms with Crippen molar-refractivity contribution in [3.63, 3.8) is 0 Å². The lowest BCUT2D eigenvalue weighted by molar-refractivity contribution is 0.168. The predicted molar refractivity (Wildman–Crippen MR) is 152 cm³/mol. The summed E-state index contributed by atoms with van der Waals surface area (Å²) in [7, 11) is 0. The van der Waals surface area contributed by atoms with Gasteiger partial charge in [-0.25, -0.2) is 19.6 Å². The number of likely N-dealkylation sites (tertiary alicyclic amines) is 1. The van der Waals surface area contributed by atoms with E-state index in [4.69, 9.17) is 4.99 Å². The Morgan fingerprint density at radius 1 is 0.975 bits per heavy atom. The van der Waals surface area contributed by atoms with Gasteiger partial charge in [0.2, 0.25) is 0 Å². The summed E-state index contributed by atoms with van der Waals surface area (Å²) in [5.41, 5.74) is 5.90. The topological polar surface area (TPSA) is 113 Å². The Morgan fingerprint density at radius 2 is 1.75 bits per heavy atom. The molecule has 7 rings (SSSR count). The molecule has 0 saturated carbocycles. The summed E-state index contributed by atoms with van der Waals surface area (Å²) < 4.78 is 3.85. The summed E-state index contributed by atoms with van der Waals surface area (Å²) in [6.45, 7) is 3.05. The second-order valence-corrected chi connectivity index (χ2v) is 10.2. The number of piperidine rings is 1. The van der Waals surface area contributed by atoms with E-state index < -0.39 is 6.17 Å². The van der Waals surface area contributed by atoms with Gasteiger partial charge in [-0.1, -0.05) is 48.5 Å².